The first-order chi connectivity index (χ1) is 5.15. The summed E-state index contributed by atoms with van der Waals surface area (Å²) in [6.45, 7) is 3.88. The fraction of sp³-hybridized carbons (Fsp3) is 1.00. The number of methoxy groups -OCH3 is 1. The van der Waals surface area contributed by atoms with Crippen molar-refractivity contribution >= 4 is 0 Å². The van der Waals surface area contributed by atoms with E-state index < -0.39 is 0 Å². The molecule has 0 aromatic heterocycles. The van der Waals surface area contributed by atoms with Crippen LogP contribution in [-0.4, -0.2) is 30.7 Å². The zero-order chi connectivity index (χ0) is 8.43. The smallest absolute Gasteiger partial charge is 0.158 e. The molecule has 0 spiro atoms. The molecule has 3 nitrogen and oxygen atoms in total. The Labute approximate surface area is 67.3 Å². The molecule has 1 rings (SSSR count). The second kappa shape index (κ2) is 3.52. The Bertz CT molecular complexity index is 115. The van der Waals surface area contributed by atoms with Gasteiger partial charge in [0.25, 0.3) is 0 Å². The molecular weight excluding hydrogens is 144 g/mol. The number of rotatable bonds is 1. The summed E-state index contributed by atoms with van der Waals surface area (Å²) in [6.07, 6.45) is 0.190. The lowest BCUT2D eigenvalue weighted by Gasteiger charge is -2.35. The van der Waals surface area contributed by atoms with Crippen molar-refractivity contribution in [3.63, 3.8) is 0 Å². The van der Waals surface area contributed by atoms with Gasteiger partial charge in [0.15, 0.2) is 6.29 Å². The Balaban J connectivity index is 2.47. The number of ether oxygens (including phenoxy) is 2. The van der Waals surface area contributed by atoms with E-state index in [1.165, 1.54) is 0 Å². The Kier molecular flexibility index (Phi) is 2.87. The van der Waals surface area contributed by atoms with Crippen molar-refractivity contribution in [3.05, 3.63) is 0 Å². The van der Waals surface area contributed by atoms with Crippen molar-refractivity contribution in [2.24, 2.45) is 5.92 Å². The molecule has 66 valence electrons. The predicted molar refractivity (Wildman–Crippen MR) is 41.1 cm³/mol. The molecule has 0 radical (unpaired) electrons. The molecule has 0 aliphatic carbocycles. The van der Waals surface area contributed by atoms with E-state index in [2.05, 4.69) is 0 Å². The van der Waals surface area contributed by atoms with Crippen LogP contribution in [-0.2, 0) is 9.47 Å². The minimum absolute atomic E-state index is 0.108. The molecule has 0 bridgehead atoms. The third-order valence-corrected chi connectivity index (χ3v) is 2.26. The molecule has 1 unspecified atom stereocenters. The molecule has 1 fully saturated rings. The summed E-state index contributed by atoms with van der Waals surface area (Å²) in [4.78, 5) is 0. The number of aliphatic hydroxyl groups is 1. The lowest BCUT2D eigenvalue weighted by Crippen LogP contribution is -2.42. The zero-order valence-corrected chi connectivity index (χ0v) is 7.28. The van der Waals surface area contributed by atoms with Gasteiger partial charge < -0.3 is 14.6 Å². The molecular formula is C8H16O3. The quantitative estimate of drug-likeness (QED) is 0.615. The van der Waals surface area contributed by atoms with Crippen LogP contribution in [0.2, 0.25) is 0 Å². The molecule has 3 heteroatoms. The fourth-order valence-corrected chi connectivity index (χ4v) is 1.43. The van der Waals surface area contributed by atoms with E-state index in [1.807, 2.05) is 13.8 Å². The fourth-order valence-electron chi connectivity index (χ4n) is 1.43. The first kappa shape index (κ1) is 8.97. The van der Waals surface area contributed by atoms with Crippen LogP contribution in [0.4, 0.5) is 0 Å². The number of aliphatic hydroxyl groups excluding tert-OH is 1. The van der Waals surface area contributed by atoms with Crippen LogP contribution in [0.3, 0.4) is 0 Å². The van der Waals surface area contributed by atoms with Gasteiger partial charge in [-0.05, 0) is 12.8 Å². The van der Waals surface area contributed by atoms with Crippen molar-refractivity contribution in [2.45, 2.75) is 38.8 Å². The Hall–Kier alpha value is -0.120. The van der Waals surface area contributed by atoms with E-state index in [9.17, 15) is 5.11 Å². The van der Waals surface area contributed by atoms with Gasteiger partial charge in [-0.2, -0.15) is 0 Å². The molecule has 1 heterocycles. The van der Waals surface area contributed by atoms with Gasteiger partial charge in [0, 0.05) is 13.5 Å². The second-order valence-electron chi connectivity index (χ2n) is 3.21. The molecule has 11 heavy (non-hydrogen) atoms. The van der Waals surface area contributed by atoms with Gasteiger partial charge in [-0.15, -0.1) is 0 Å². The van der Waals surface area contributed by atoms with Crippen LogP contribution in [0.1, 0.15) is 20.3 Å². The van der Waals surface area contributed by atoms with Crippen LogP contribution in [0.5, 0.6) is 0 Å². The highest BCUT2D eigenvalue weighted by atomic mass is 16.7. The van der Waals surface area contributed by atoms with E-state index in [4.69, 9.17) is 9.47 Å². The second-order valence-corrected chi connectivity index (χ2v) is 3.21. The average Bonchev–Trinajstić information content (AvgIpc) is 1.99. The van der Waals surface area contributed by atoms with E-state index in [1.54, 1.807) is 7.11 Å². The Morgan fingerprint density at radius 1 is 1.45 bits per heavy atom. The van der Waals surface area contributed by atoms with Gasteiger partial charge in [0.1, 0.15) is 0 Å². The van der Waals surface area contributed by atoms with Crippen LogP contribution in [0.25, 0.3) is 0 Å². The normalized spacial score (nSPS) is 45.8. The summed E-state index contributed by atoms with van der Waals surface area (Å²) in [6, 6.07) is 0. The molecule has 0 saturated carbocycles. The van der Waals surface area contributed by atoms with Crippen molar-refractivity contribution in [1.82, 2.24) is 0 Å². The van der Waals surface area contributed by atoms with Gasteiger partial charge in [0.05, 0.1) is 12.2 Å². The van der Waals surface area contributed by atoms with Gasteiger partial charge in [0.2, 0.25) is 0 Å². The maximum absolute atomic E-state index is 9.48. The van der Waals surface area contributed by atoms with Crippen molar-refractivity contribution < 1.29 is 14.6 Å². The minimum Gasteiger partial charge on any atom is -0.390 e. The highest BCUT2D eigenvalue weighted by Crippen LogP contribution is 2.24. The molecule has 1 saturated heterocycles. The lowest BCUT2D eigenvalue weighted by atomic mass is 9.94. The zero-order valence-electron chi connectivity index (χ0n) is 7.28. The van der Waals surface area contributed by atoms with E-state index in [-0.39, 0.29) is 24.4 Å². The maximum atomic E-state index is 9.48. The molecule has 1 aliphatic rings. The monoisotopic (exact) mass is 160 g/mol. The third-order valence-electron chi connectivity index (χ3n) is 2.26. The molecule has 4 atom stereocenters. The summed E-state index contributed by atoms with van der Waals surface area (Å²) in [5.41, 5.74) is 0. The van der Waals surface area contributed by atoms with Crippen molar-refractivity contribution in [2.75, 3.05) is 7.11 Å². The summed E-state index contributed by atoms with van der Waals surface area (Å²) in [7, 11) is 1.63. The van der Waals surface area contributed by atoms with E-state index in [0.717, 1.165) is 6.42 Å². The van der Waals surface area contributed by atoms with Crippen LogP contribution < -0.4 is 0 Å². The summed E-state index contributed by atoms with van der Waals surface area (Å²) in [5.74, 6) is 0.267. The highest BCUT2D eigenvalue weighted by molar-refractivity contribution is 4.77. The van der Waals surface area contributed by atoms with Gasteiger partial charge in [-0.25, -0.2) is 0 Å². The maximum Gasteiger partial charge on any atom is 0.158 e. The van der Waals surface area contributed by atoms with Gasteiger partial charge >= 0.3 is 0 Å². The Morgan fingerprint density at radius 3 is 2.55 bits per heavy atom. The largest absolute Gasteiger partial charge is 0.390 e. The predicted octanol–water partition coefficient (Wildman–Crippen LogP) is 0.765. The van der Waals surface area contributed by atoms with Gasteiger partial charge in [-0.1, -0.05) is 6.92 Å². The third kappa shape index (κ3) is 1.92. The summed E-state index contributed by atoms with van der Waals surface area (Å²) < 4.78 is 10.4. The Morgan fingerprint density at radius 2 is 2.09 bits per heavy atom. The summed E-state index contributed by atoms with van der Waals surface area (Å²) in [5, 5.41) is 9.48. The average molecular weight is 160 g/mol. The van der Waals surface area contributed by atoms with Crippen LogP contribution >= 0.6 is 0 Å². The highest BCUT2D eigenvalue weighted by Gasteiger charge is 2.32. The first-order valence-corrected chi connectivity index (χ1v) is 4.01. The van der Waals surface area contributed by atoms with Crippen LogP contribution in [0, 0.1) is 5.92 Å². The summed E-state index contributed by atoms with van der Waals surface area (Å²) >= 11 is 0. The molecule has 0 aromatic carbocycles. The van der Waals surface area contributed by atoms with Crippen LogP contribution in [0.15, 0.2) is 0 Å². The van der Waals surface area contributed by atoms with E-state index >= 15 is 0 Å². The van der Waals surface area contributed by atoms with E-state index in [0.29, 0.717) is 0 Å². The standard InChI is InChI=1S/C8H16O3/c1-5-4-7(10-3)11-6(2)8(5)9/h5-9H,4H2,1-3H3/t5?,6-,7+,8+/m0/s1. The SMILES string of the molecule is CO[C@H]1CC(C)[C@@H](O)[C@H](C)O1. The molecule has 0 amide bonds. The van der Waals surface area contributed by atoms with Gasteiger partial charge in [-0.3, -0.25) is 0 Å². The minimum atomic E-state index is -0.346. The van der Waals surface area contributed by atoms with Crippen molar-refractivity contribution in [3.8, 4) is 0 Å². The molecule has 1 aliphatic heterocycles. The number of hydrogen-bond donors (Lipinski definition) is 1. The molecule has 1 N–H and O–H groups in total. The topological polar surface area (TPSA) is 38.7 Å². The molecule has 0 aromatic rings. The lowest BCUT2D eigenvalue weighted by molar-refractivity contribution is -0.221. The first-order valence-electron chi connectivity index (χ1n) is 4.01. The number of hydrogen-bond acceptors (Lipinski definition) is 3. The van der Waals surface area contributed by atoms with Crippen molar-refractivity contribution in [1.29, 1.82) is 0 Å².